The average Bonchev–Trinajstić information content (AvgIpc) is 2.95. The first-order valence-electron chi connectivity index (χ1n) is 6.34. The minimum Gasteiger partial charge on any atom is -0.343 e. The van der Waals surface area contributed by atoms with Crippen molar-refractivity contribution in [1.82, 2.24) is 14.8 Å². The quantitative estimate of drug-likeness (QED) is 0.743. The number of hydrogen-bond acceptors (Lipinski definition) is 3. The molecule has 0 fully saturated rings. The normalized spacial score (nSPS) is 16.1. The summed E-state index contributed by atoms with van der Waals surface area (Å²) in [5.41, 5.74) is 3.35. The Hall–Kier alpha value is -2.33. The average molecular weight is 283 g/mol. The minimum absolute atomic E-state index is 0.0293. The molecule has 1 unspecified atom stereocenters. The highest BCUT2D eigenvalue weighted by molar-refractivity contribution is 6.30. The molecule has 1 N–H and O–H groups in total. The van der Waals surface area contributed by atoms with Gasteiger partial charge in [-0.05, 0) is 23.8 Å². The molecule has 1 aliphatic heterocycles. The van der Waals surface area contributed by atoms with Crippen molar-refractivity contribution in [3.8, 4) is 5.69 Å². The third-order valence-electron chi connectivity index (χ3n) is 3.51. The van der Waals surface area contributed by atoms with Gasteiger partial charge in [0.2, 0.25) is 5.95 Å². The highest BCUT2D eigenvalue weighted by Gasteiger charge is 2.26. The smallest absolute Gasteiger partial charge is 0.229 e. The monoisotopic (exact) mass is 282 g/mol. The Balaban J connectivity index is 1.94. The molecule has 4 rings (SSSR count). The molecule has 98 valence electrons. The lowest BCUT2D eigenvalue weighted by molar-refractivity contribution is 0.837. The van der Waals surface area contributed by atoms with E-state index in [0.29, 0.717) is 0 Å². The van der Waals surface area contributed by atoms with Crippen LogP contribution < -0.4 is 5.32 Å². The van der Waals surface area contributed by atoms with Crippen LogP contribution >= 0.6 is 11.6 Å². The van der Waals surface area contributed by atoms with Crippen molar-refractivity contribution in [2.45, 2.75) is 6.04 Å². The molecular weight excluding hydrogens is 272 g/mol. The lowest BCUT2D eigenvalue weighted by atomic mass is 9.96. The molecule has 20 heavy (non-hydrogen) atoms. The van der Waals surface area contributed by atoms with Crippen LogP contribution in [0.2, 0.25) is 5.02 Å². The summed E-state index contributed by atoms with van der Waals surface area (Å²) in [4.78, 5) is 0. The van der Waals surface area contributed by atoms with E-state index in [1.54, 1.807) is 6.33 Å². The zero-order valence-electron chi connectivity index (χ0n) is 10.5. The van der Waals surface area contributed by atoms with Gasteiger partial charge in [-0.2, -0.15) is 0 Å². The molecule has 0 aliphatic carbocycles. The second-order valence-corrected chi connectivity index (χ2v) is 5.15. The molecule has 0 saturated carbocycles. The number of nitrogens with zero attached hydrogens (tertiary/aromatic N) is 3. The predicted octanol–water partition coefficient (Wildman–Crippen LogP) is 3.44. The predicted molar refractivity (Wildman–Crippen MR) is 78.3 cm³/mol. The van der Waals surface area contributed by atoms with Crippen molar-refractivity contribution in [3.63, 3.8) is 0 Å². The first-order chi connectivity index (χ1) is 9.83. The van der Waals surface area contributed by atoms with Gasteiger partial charge in [-0.3, -0.25) is 4.57 Å². The van der Waals surface area contributed by atoms with Gasteiger partial charge in [-0.1, -0.05) is 41.9 Å². The van der Waals surface area contributed by atoms with Crippen molar-refractivity contribution in [2.75, 3.05) is 5.32 Å². The van der Waals surface area contributed by atoms with Crippen molar-refractivity contribution in [3.05, 3.63) is 71.0 Å². The summed E-state index contributed by atoms with van der Waals surface area (Å²) in [6, 6.07) is 16.2. The zero-order valence-corrected chi connectivity index (χ0v) is 11.2. The molecule has 3 aromatic rings. The van der Waals surface area contributed by atoms with Crippen LogP contribution in [0.15, 0.2) is 54.9 Å². The van der Waals surface area contributed by atoms with Crippen LogP contribution in [0.5, 0.6) is 0 Å². The number of hydrogen-bond donors (Lipinski definition) is 1. The Morgan fingerprint density at radius 1 is 1.10 bits per heavy atom. The summed E-state index contributed by atoms with van der Waals surface area (Å²) in [5, 5.41) is 12.2. The Labute approximate surface area is 121 Å². The van der Waals surface area contributed by atoms with E-state index in [4.69, 9.17) is 11.6 Å². The number of nitrogens with one attached hydrogen (secondary N) is 1. The van der Waals surface area contributed by atoms with E-state index in [9.17, 15) is 0 Å². The number of benzene rings is 2. The van der Waals surface area contributed by atoms with Gasteiger partial charge in [0, 0.05) is 10.6 Å². The largest absolute Gasteiger partial charge is 0.343 e. The maximum absolute atomic E-state index is 6.16. The van der Waals surface area contributed by atoms with Crippen LogP contribution in [0.4, 0.5) is 5.95 Å². The highest BCUT2D eigenvalue weighted by atomic mass is 35.5. The Bertz CT molecular complexity index is 767. The lowest BCUT2D eigenvalue weighted by Crippen LogP contribution is -2.22. The number of fused-ring (bicyclic) bond motifs is 3. The first-order valence-corrected chi connectivity index (χ1v) is 6.72. The second-order valence-electron chi connectivity index (χ2n) is 4.72. The summed E-state index contributed by atoms with van der Waals surface area (Å²) < 4.78 is 1.94. The topological polar surface area (TPSA) is 42.7 Å². The fourth-order valence-electron chi connectivity index (χ4n) is 2.60. The summed E-state index contributed by atoms with van der Waals surface area (Å²) in [6.45, 7) is 0. The minimum atomic E-state index is 0.0293. The highest BCUT2D eigenvalue weighted by Crippen LogP contribution is 2.36. The zero-order chi connectivity index (χ0) is 13.5. The van der Waals surface area contributed by atoms with Gasteiger partial charge < -0.3 is 5.32 Å². The van der Waals surface area contributed by atoms with Gasteiger partial charge >= 0.3 is 0 Å². The van der Waals surface area contributed by atoms with Crippen LogP contribution in [0.3, 0.4) is 0 Å². The number of halogens is 1. The number of anilines is 1. The molecule has 1 aliphatic rings. The Kier molecular flexibility index (Phi) is 2.50. The van der Waals surface area contributed by atoms with Gasteiger partial charge in [-0.25, -0.2) is 0 Å². The van der Waals surface area contributed by atoms with Crippen LogP contribution in [0, 0.1) is 0 Å². The van der Waals surface area contributed by atoms with Gasteiger partial charge in [0.25, 0.3) is 0 Å². The molecule has 5 heteroatoms. The third-order valence-corrected chi connectivity index (χ3v) is 3.75. The summed E-state index contributed by atoms with van der Waals surface area (Å²) >= 11 is 6.16. The van der Waals surface area contributed by atoms with E-state index < -0.39 is 0 Å². The summed E-state index contributed by atoms with van der Waals surface area (Å²) in [5.74, 6) is 0.744. The van der Waals surface area contributed by atoms with E-state index in [1.807, 2.05) is 41.0 Å². The standard InChI is InChI=1S/C15H11ClN4/c16-11-6-7-13-12(8-11)14(10-4-2-1-3-5-10)18-15-19-17-9-20(13)15/h1-9,14H,(H,18,19). The third kappa shape index (κ3) is 1.69. The Morgan fingerprint density at radius 3 is 2.80 bits per heavy atom. The van der Waals surface area contributed by atoms with Crippen LogP contribution in [0.25, 0.3) is 5.69 Å². The maximum Gasteiger partial charge on any atom is 0.229 e. The molecule has 0 radical (unpaired) electrons. The van der Waals surface area contributed by atoms with E-state index >= 15 is 0 Å². The molecular formula is C15H11ClN4. The van der Waals surface area contributed by atoms with Gasteiger partial charge in [0.05, 0.1) is 11.7 Å². The SMILES string of the molecule is Clc1ccc2c(c1)C(c1ccccc1)Nc1nncn1-2. The van der Waals surface area contributed by atoms with Gasteiger partial charge in [-0.15, -0.1) is 10.2 Å². The molecule has 2 aromatic carbocycles. The molecule has 2 heterocycles. The van der Waals surface area contributed by atoms with E-state index in [2.05, 4.69) is 27.6 Å². The molecule has 0 bridgehead atoms. The van der Waals surface area contributed by atoms with E-state index in [-0.39, 0.29) is 6.04 Å². The van der Waals surface area contributed by atoms with Gasteiger partial charge in [0.1, 0.15) is 6.33 Å². The van der Waals surface area contributed by atoms with Gasteiger partial charge in [0.15, 0.2) is 0 Å². The molecule has 0 amide bonds. The fourth-order valence-corrected chi connectivity index (χ4v) is 2.78. The summed E-state index contributed by atoms with van der Waals surface area (Å²) in [6.07, 6.45) is 1.70. The molecule has 1 aromatic heterocycles. The molecule has 0 spiro atoms. The molecule has 4 nitrogen and oxygen atoms in total. The van der Waals surface area contributed by atoms with Crippen LogP contribution in [-0.4, -0.2) is 14.8 Å². The first kappa shape index (κ1) is 11.5. The second kappa shape index (κ2) is 4.35. The molecule has 1 atom stereocenters. The molecule has 0 saturated heterocycles. The number of aromatic nitrogens is 3. The van der Waals surface area contributed by atoms with Crippen molar-refractivity contribution in [2.24, 2.45) is 0 Å². The Morgan fingerprint density at radius 2 is 1.95 bits per heavy atom. The maximum atomic E-state index is 6.16. The van der Waals surface area contributed by atoms with Crippen molar-refractivity contribution < 1.29 is 0 Å². The van der Waals surface area contributed by atoms with Crippen LogP contribution in [0.1, 0.15) is 17.2 Å². The number of rotatable bonds is 1. The van der Waals surface area contributed by atoms with E-state index in [1.165, 1.54) is 5.56 Å². The van der Waals surface area contributed by atoms with E-state index in [0.717, 1.165) is 22.2 Å². The van der Waals surface area contributed by atoms with Crippen LogP contribution in [-0.2, 0) is 0 Å². The van der Waals surface area contributed by atoms with Crippen molar-refractivity contribution >= 4 is 17.5 Å². The van der Waals surface area contributed by atoms with Crippen molar-refractivity contribution in [1.29, 1.82) is 0 Å². The fraction of sp³-hybridized carbons (Fsp3) is 0.0667. The summed E-state index contributed by atoms with van der Waals surface area (Å²) in [7, 11) is 0. The lowest BCUT2D eigenvalue weighted by Gasteiger charge is -2.28.